The first-order valence-corrected chi connectivity index (χ1v) is 9.44. The van der Waals surface area contributed by atoms with Gasteiger partial charge in [0.1, 0.15) is 6.10 Å². The number of carbonyl (C=O) groups excluding carboxylic acids is 1. The zero-order valence-corrected chi connectivity index (χ0v) is 15.1. The van der Waals surface area contributed by atoms with Crippen LogP contribution in [0.3, 0.4) is 0 Å². The molecule has 24 heavy (non-hydrogen) atoms. The molecule has 134 valence electrons. The predicted molar refractivity (Wildman–Crippen MR) is 90.1 cm³/mol. The van der Waals surface area contributed by atoms with Gasteiger partial charge in [-0.2, -0.15) is 0 Å². The molecular weight excluding hydrogens is 304 g/mol. The maximum atomic E-state index is 12.6. The van der Waals surface area contributed by atoms with E-state index in [0.717, 1.165) is 50.5 Å². The van der Waals surface area contributed by atoms with E-state index in [4.69, 9.17) is 4.74 Å². The molecule has 0 aromatic heterocycles. The van der Waals surface area contributed by atoms with E-state index in [1.54, 1.807) is 0 Å². The van der Waals surface area contributed by atoms with E-state index in [-0.39, 0.29) is 35.4 Å². The van der Waals surface area contributed by atoms with Crippen molar-refractivity contribution in [1.29, 1.82) is 0 Å². The van der Waals surface area contributed by atoms with Crippen molar-refractivity contribution in [2.45, 2.75) is 77.4 Å². The van der Waals surface area contributed by atoms with E-state index < -0.39 is 11.0 Å². The first kappa shape index (κ1) is 16.6. The molecule has 2 N–H and O–H groups in total. The number of fused-ring (bicyclic) bond motifs is 2. The van der Waals surface area contributed by atoms with E-state index >= 15 is 0 Å². The van der Waals surface area contributed by atoms with Crippen molar-refractivity contribution in [2.24, 2.45) is 22.2 Å². The third-order valence-corrected chi connectivity index (χ3v) is 8.07. The standard InChI is InChI=1S/C20H30O4/c1-17(9-10-21)7-8-20(23)13(12-17)11-14-15-18(2,16(22)24-14)5-4-6-19(15,20)3/h11,14-15,21,23H,4-10,12H2,1-3H3. The van der Waals surface area contributed by atoms with Crippen LogP contribution in [0, 0.1) is 22.2 Å². The summed E-state index contributed by atoms with van der Waals surface area (Å²) in [5.41, 5.74) is -0.523. The van der Waals surface area contributed by atoms with E-state index in [2.05, 4.69) is 19.9 Å². The Morgan fingerprint density at radius 3 is 2.67 bits per heavy atom. The van der Waals surface area contributed by atoms with Gasteiger partial charge in [-0.3, -0.25) is 4.79 Å². The molecule has 4 heteroatoms. The van der Waals surface area contributed by atoms with E-state index in [1.807, 2.05) is 6.92 Å². The molecule has 3 aliphatic carbocycles. The molecule has 2 saturated carbocycles. The Hall–Kier alpha value is -0.870. The highest BCUT2D eigenvalue weighted by molar-refractivity contribution is 5.80. The maximum absolute atomic E-state index is 12.6. The van der Waals surface area contributed by atoms with Gasteiger partial charge in [0, 0.05) is 17.9 Å². The first-order valence-electron chi connectivity index (χ1n) is 9.44. The summed E-state index contributed by atoms with van der Waals surface area (Å²) < 4.78 is 5.79. The zero-order valence-electron chi connectivity index (χ0n) is 15.1. The number of esters is 1. The van der Waals surface area contributed by atoms with Crippen molar-refractivity contribution in [2.75, 3.05) is 6.61 Å². The molecular formula is C20H30O4. The molecule has 0 aromatic carbocycles. The SMILES string of the molecule is CC1(CCO)CCC2(O)C(=CC3OC(=O)C4(C)CCCC2(C)C34)C1. The lowest BCUT2D eigenvalue weighted by molar-refractivity contribution is -0.163. The fraction of sp³-hybridized carbons (Fsp3) is 0.850. The lowest BCUT2D eigenvalue weighted by Gasteiger charge is -2.61. The summed E-state index contributed by atoms with van der Waals surface area (Å²) in [5.74, 6) is -0.0113. The van der Waals surface area contributed by atoms with Crippen molar-refractivity contribution >= 4 is 5.97 Å². The Balaban J connectivity index is 1.80. The summed E-state index contributed by atoms with van der Waals surface area (Å²) in [6.45, 7) is 6.60. The molecule has 4 rings (SSSR count). The van der Waals surface area contributed by atoms with Gasteiger partial charge in [-0.05, 0) is 62.5 Å². The summed E-state index contributed by atoms with van der Waals surface area (Å²) >= 11 is 0. The van der Waals surface area contributed by atoms with E-state index in [1.165, 1.54) is 0 Å². The highest BCUT2D eigenvalue weighted by Gasteiger charge is 2.70. The van der Waals surface area contributed by atoms with Crippen LogP contribution in [-0.2, 0) is 9.53 Å². The lowest BCUT2D eigenvalue weighted by Crippen LogP contribution is -2.63. The van der Waals surface area contributed by atoms with Gasteiger partial charge in [-0.25, -0.2) is 0 Å². The minimum atomic E-state index is -0.835. The minimum Gasteiger partial charge on any atom is -0.457 e. The fourth-order valence-corrected chi connectivity index (χ4v) is 6.58. The average Bonchev–Trinajstić information content (AvgIpc) is 2.75. The fourth-order valence-electron chi connectivity index (χ4n) is 6.58. The number of hydrogen-bond donors (Lipinski definition) is 2. The molecule has 0 aromatic rings. The smallest absolute Gasteiger partial charge is 0.312 e. The van der Waals surface area contributed by atoms with Crippen molar-refractivity contribution in [1.82, 2.24) is 0 Å². The summed E-state index contributed by atoms with van der Waals surface area (Å²) in [6, 6.07) is 0. The number of ether oxygens (including phenoxy) is 1. The third kappa shape index (κ3) is 1.84. The molecule has 6 unspecified atom stereocenters. The van der Waals surface area contributed by atoms with Gasteiger partial charge in [-0.15, -0.1) is 0 Å². The Morgan fingerprint density at radius 2 is 1.96 bits per heavy atom. The van der Waals surface area contributed by atoms with Gasteiger partial charge in [0.2, 0.25) is 0 Å². The van der Waals surface area contributed by atoms with Gasteiger partial charge in [-0.1, -0.05) is 20.3 Å². The van der Waals surface area contributed by atoms with Crippen LogP contribution in [0.5, 0.6) is 0 Å². The van der Waals surface area contributed by atoms with Crippen molar-refractivity contribution in [3.05, 3.63) is 11.6 Å². The van der Waals surface area contributed by atoms with Crippen LogP contribution in [0.2, 0.25) is 0 Å². The Morgan fingerprint density at radius 1 is 1.21 bits per heavy atom. The van der Waals surface area contributed by atoms with Crippen LogP contribution in [-0.4, -0.2) is 34.5 Å². The zero-order chi connectivity index (χ0) is 17.4. The van der Waals surface area contributed by atoms with Crippen molar-refractivity contribution in [3.8, 4) is 0 Å². The molecule has 0 bridgehead atoms. The van der Waals surface area contributed by atoms with Gasteiger partial charge in [0.25, 0.3) is 0 Å². The normalized spacial score (nSPS) is 53.0. The van der Waals surface area contributed by atoms with Crippen LogP contribution in [0.15, 0.2) is 11.6 Å². The Bertz CT molecular complexity index is 613. The summed E-state index contributed by atoms with van der Waals surface area (Å²) in [4.78, 5) is 12.6. The number of aliphatic hydroxyl groups is 2. The van der Waals surface area contributed by atoms with Crippen LogP contribution < -0.4 is 0 Å². The lowest BCUT2D eigenvalue weighted by atomic mass is 9.43. The van der Waals surface area contributed by atoms with Gasteiger partial charge < -0.3 is 14.9 Å². The van der Waals surface area contributed by atoms with Crippen LogP contribution >= 0.6 is 0 Å². The summed E-state index contributed by atoms with van der Waals surface area (Å²) in [7, 11) is 0. The second-order valence-corrected chi connectivity index (χ2v) is 9.55. The molecule has 3 fully saturated rings. The average molecular weight is 334 g/mol. The minimum absolute atomic E-state index is 0.0244. The van der Waals surface area contributed by atoms with Crippen molar-refractivity contribution < 1.29 is 19.7 Å². The summed E-state index contributed by atoms with van der Waals surface area (Å²) in [6.07, 6.45) is 7.83. The quantitative estimate of drug-likeness (QED) is 0.602. The molecule has 4 nitrogen and oxygen atoms in total. The third-order valence-electron chi connectivity index (χ3n) is 8.07. The number of aliphatic hydroxyl groups excluding tert-OH is 1. The highest BCUT2D eigenvalue weighted by atomic mass is 16.6. The van der Waals surface area contributed by atoms with Gasteiger partial charge in [0.05, 0.1) is 11.0 Å². The topological polar surface area (TPSA) is 66.8 Å². The first-order chi connectivity index (χ1) is 11.2. The van der Waals surface area contributed by atoms with Crippen LogP contribution in [0.4, 0.5) is 0 Å². The Labute approximate surface area is 144 Å². The largest absolute Gasteiger partial charge is 0.457 e. The number of rotatable bonds is 2. The molecule has 1 saturated heterocycles. The second kappa shape index (κ2) is 4.85. The number of carbonyl (C=O) groups is 1. The second-order valence-electron chi connectivity index (χ2n) is 9.55. The highest BCUT2D eigenvalue weighted by Crippen LogP contribution is 2.68. The molecule has 1 aliphatic heterocycles. The molecule has 4 aliphatic rings. The van der Waals surface area contributed by atoms with E-state index in [0.29, 0.717) is 0 Å². The van der Waals surface area contributed by atoms with Gasteiger partial charge in [0.15, 0.2) is 0 Å². The molecule has 6 atom stereocenters. The molecule has 1 heterocycles. The molecule has 0 spiro atoms. The van der Waals surface area contributed by atoms with Gasteiger partial charge >= 0.3 is 5.97 Å². The number of hydrogen-bond acceptors (Lipinski definition) is 4. The van der Waals surface area contributed by atoms with Crippen LogP contribution in [0.1, 0.15) is 65.7 Å². The molecule has 0 amide bonds. The van der Waals surface area contributed by atoms with Crippen LogP contribution in [0.25, 0.3) is 0 Å². The van der Waals surface area contributed by atoms with E-state index in [9.17, 15) is 15.0 Å². The summed E-state index contributed by atoms with van der Waals surface area (Å²) in [5, 5.41) is 21.2. The predicted octanol–water partition coefficient (Wildman–Crippen LogP) is 2.97. The monoisotopic (exact) mass is 334 g/mol. The maximum Gasteiger partial charge on any atom is 0.312 e. The molecule has 0 radical (unpaired) electrons. The van der Waals surface area contributed by atoms with Crippen molar-refractivity contribution in [3.63, 3.8) is 0 Å². The Kier molecular flexibility index (Phi) is 3.35.